The number of ether oxygens (including phenoxy) is 1. The van der Waals surface area contributed by atoms with Gasteiger partial charge in [-0.1, -0.05) is 40.2 Å². The number of aromatic hydroxyl groups is 1. The molecule has 110 valence electrons. The van der Waals surface area contributed by atoms with Crippen LogP contribution in [0.3, 0.4) is 0 Å². The molecule has 0 radical (unpaired) electrons. The normalized spacial score (nSPS) is 11.2. The molecule has 0 bridgehead atoms. The van der Waals surface area contributed by atoms with E-state index < -0.39 is 0 Å². The second-order valence-electron chi connectivity index (χ2n) is 4.81. The van der Waals surface area contributed by atoms with Crippen molar-refractivity contribution in [2.24, 2.45) is 0 Å². The first kappa shape index (κ1) is 14.6. The molecule has 1 N–H and O–H groups in total. The number of nitrogens with zero attached hydrogens (tertiary/aromatic N) is 1. The van der Waals surface area contributed by atoms with Crippen LogP contribution in [-0.4, -0.2) is 17.2 Å². The standard InChI is InChI=1S/C18H14BrNO2/c1-22-15-9-10-16(19)13(11-15)6-8-14-7-5-12-3-2-4-17(21)18(12)20-14/h2-11,21H,1H3. The first-order valence-electron chi connectivity index (χ1n) is 6.78. The van der Waals surface area contributed by atoms with E-state index in [1.165, 1.54) is 0 Å². The van der Waals surface area contributed by atoms with Crippen LogP contribution in [0.1, 0.15) is 11.3 Å². The Morgan fingerprint density at radius 3 is 2.77 bits per heavy atom. The van der Waals surface area contributed by atoms with Crippen LogP contribution in [0.5, 0.6) is 11.5 Å². The van der Waals surface area contributed by atoms with Gasteiger partial charge in [0.15, 0.2) is 0 Å². The van der Waals surface area contributed by atoms with Crippen molar-refractivity contribution >= 4 is 39.0 Å². The van der Waals surface area contributed by atoms with Crippen molar-refractivity contribution in [1.82, 2.24) is 4.98 Å². The van der Waals surface area contributed by atoms with Gasteiger partial charge in [0.05, 0.1) is 12.8 Å². The summed E-state index contributed by atoms with van der Waals surface area (Å²) in [6.45, 7) is 0. The Morgan fingerprint density at radius 2 is 1.95 bits per heavy atom. The van der Waals surface area contributed by atoms with Crippen molar-refractivity contribution in [3.05, 3.63) is 64.3 Å². The second-order valence-corrected chi connectivity index (χ2v) is 5.66. The van der Waals surface area contributed by atoms with Crippen LogP contribution in [-0.2, 0) is 0 Å². The van der Waals surface area contributed by atoms with Crippen molar-refractivity contribution in [2.75, 3.05) is 7.11 Å². The number of phenols is 1. The number of methoxy groups -OCH3 is 1. The summed E-state index contributed by atoms with van der Waals surface area (Å²) >= 11 is 3.52. The molecule has 4 heteroatoms. The molecule has 22 heavy (non-hydrogen) atoms. The van der Waals surface area contributed by atoms with E-state index in [2.05, 4.69) is 20.9 Å². The van der Waals surface area contributed by atoms with Crippen molar-refractivity contribution in [1.29, 1.82) is 0 Å². The van der Waals surface area contributed by atoms with Crippen molar-refractivity contribution in [2.45, 2.75) is 0 Å². The number of benzene rings is 2. The van der Waals surface area contributed by atoms with Crippen LogP contribution in [0.4, 0.5) is 0 Å². The number of para-hydroxylation sites is 1. The Balaban J connectivity index is 1.97. The zero-order chi connectivity index (χ0) is 15.5. The maximum absolute atomic E-state index is 9.88. The van der Waals surface area contributed by atoms with Gasteiger partial charge in [0.25, 0.3) is 0 Å². The summed E-state index contributed by atoms with van der Waals surface area (Å²) in [5, 5.41) is 10.8. The van der Waals surface area contributed by atoms with Crippen LogP contribution < -0.4 is 4.74 Å². The van der Waals surface area contributed by atoms with E-state index in [0.717, 1.165) is 26.9 Å². The third-order valence-electron chi connectivity index (χ3n) is 3.36. The molecule has 3 rings (SSSR count). The first-order chi connectivity index (χ1) is 10.7. The quantitative estimate of drug-likeness (QED) is 0.727. The van der Waals surface area contributed by atoms with Crippen molar-refractivity contribution in [3.63, 3.8) is 0 Å². The summed E-state index contributed by atoms with van der Waals surface area (Å²) < 4.78 is 6.21. The number of rotatable bonds is 3. The van der Waals surface area contributed by atoms with Crippen LogP contribution in [0.2, 0.25) is 0 Å². The molecule has 0 spiro atoms. The Labute approximate surface area is 137 Å². The molecule has 0 aliphatic heterocycles. The van der Waals surface area contributed by atoms with Crippen LogP contribution in [0, 0.1) is 0 Å². The number of aromatic nitrogens is 1. The molecule has 2 aromatic carbocycles. The zero-order valence-corrected chi connectivity index (χ0v) is 13.5. The minimum absolute atomic E-state index is 0.190. The van der Waals surface area contributed by atoms with Gasteiger partial charge < -0.3 is 9.84 Å². The van der Waals surface area contributed by atoms with E-state index in [-0.39, 0.29) is 5.75 Å². The van der Waals surface area contributed by atoms with E-state index in [4.69, 9.17) is 4.74 Å². The van der Waals surface area contributed by atoms with Gasteiger partial charge in [-0.3, -0.25) is 0 Å². The first-order valence-corrected chi connectivity index (χ1v) is 7.57. The van der Waals surface area contributed by atoms with Crippen LogP contribution in [0.15, 0.2) is 53.0 Å². The lowest BCUT2D eigenvalue weighted by molar-refractivity contribution is 0.414. The summed E-state index contributed by atoms with van der Waals surface area (Å²) in [4.78, 5) is 4.48. The monoisotopic (exact) mass is 355 g/mol. The van der Waals surface area contributed by atoms with Gasteiger partial charge in [-0.2, -0.15) is 0 Å². The van der Waals surface area contributed by atoms with E-state index in [0.29, 0.717) is 5.52 Å². The molecule has 0 fully saturated rings. The van der Waals surface area contributed by atoms with Gasteiger partial charge in [0.1, 0.15) is 17.0 Å². The fourth-order valence-electron chi connectivity index (χ4n) is 2.19. The number of pyridine rings is 1. The zero-order valence-electron chi connectivity index (χ0n) is 12.0. The molecule has 0 aliphatic rings. The van der Waals surface area contributed by atoms with E-state index in [1.54, 1.807) is 13.2 Å². The van der Waals surface area contributed by atoms with Crippen molar-refractivity contribution < 1.29 is 9.84 Å². The minimum Gasteiger partial charge on any atom is -0.506 e. The van der Waals surface area contributed by atoms with Gasteiger partial charge in [-0.15, -0.1) is 0 Å². The summed E-state index contributed by atoms with van der Waals surface area (Å²) in [5.74, 6) is 0.988. The summed E-state index contributed by atoms with van der Waals surface area (Å²) in [6, 6.07) is 15.0. The Bertz CT molecular complexity index is 859. The lowest BCUT2D eigenvalue weighted by Gasteiger charge is -2.04. The molecule has 0 atom stereocenters. The topological polar surface area (TPSA) is 42.4 Å². The fraction of sp³-hybridized carbons (Fsp3) is 0.0556. The van der Waals surface area contributed by atoms with Gasteiger partial charge >= 0.3 is 0 Å². The third kappa shape index (κ3) is 2.97. The highest BCUT2D eigenvalue weighted by Gasteiger charge is 2.02. The molecule has 1 heterocycles. The van der Waals surface area contributed by atoms with E-state index in [9.17, 15) is 5.11 Å². The maximum atomic E-state index is 9.88. The minimum atomic E-state index is 0.190. The summed E-state index contributed by atoms with van der Waals surface area (Å²) in [6.07, 6.45) is 3.87. The number of phenolic OH excluding ortho intramolecular Hbond substituents is 1. The Morgan fingerprint density at radius 1 is 1.09 bits per heavy atom. The summed E-state index contributed by atoms with van der Waals surface area (Å²) in [5.41, 5.74) is 2.39. The highest BCUT2D eigenvalue weighted by Crippen LogP contribution is 2.25. The molecule has 0 unspecified atom stereocenters. The van der Waals surface area contributed by atoms with E-state index in [1.807, 2.05) is 54.6 Å². The van der Waals surface area contributed by atoms with E-state index >= 15 is 0 Å². The Hall–Kier alpha value is -2.33. The Kier molecular flexibility index (Phi) is 4.11. The lowest BCUT2D eigenvalue weighted by Crippen LogP contribution is -1.85. The van der Waals surface area contributed by atoms with Crippen LogP contribution >= 0.6 is 15.9 Å². The molecule has 0 saturated carbocycles. The number of hydrogen-bond acceptors (Lipinski definition) is 3. The smallest absolute Gasteiger partial charge is 0.141 e. The van der Waals surface area contributed by atoms with Crippen LogP contribution in [0.25, 0.3) is 23.1 Å². The SMILES string of the molecule is COc1ccc(Br)c(C=Cc2ccc3cccc(O)c3n2)c1. The molecule has 0 saturated heterocycles. The lowest BCUT2D eigenvalue weighted by atomic mass is 10.1. The van der Waals surface area contributed by atoms with Gasteiger partial charge in [0, 0.05) is 9.86 Å². The summed E-state index contributed by atoms with van der Waals surface area (Å²) in [7, 11) is 1.64. The molecule has 0 amide bonds. The number of hydrogen-bond donors (Lipinski definition) is 1. The highest BCUT2D eigenvalue weighted by molar-refractivity contribution is 9.10. The van der Waals surface area contributed by atoms with Gasteiger partial charge in [0.2, 0.25) is 0 Å². The van der Waals surface area contributed by atoms with Gasteiger partial charge in [-0.05, 0) is 42.0 Å². The molecule has 3 nitrogen and oxygen atoms in total. The van der Waals surface area contributed by atoms with Gasteiger partial charge in [-0.25, -0.2) is 4.98 Å². The molecular formula is C18H14BrNO2. The maximum Gasteiger partial charge on any atom is 0.141 e. The third-order valence-corrected chi connectivity index (χ3v) is 4.08. The predicted molar refractivity (Wildman–Crippen MR) is 93.0 cm³/mol. The molecular weight excluding hydrogens is 342 g/mol. The molecule has 3 aromatic rings. The fourth-order valence-corrected chi connectivity index (χ4v) is 2.57. The highest BCUT2D eigenvalue weighted by atomic mass is 79.9. The largest absolute Gasteiger partial charge is 0.506 e. The predicted octanol–water partition coefficient (Wildman–Crippen LogP) is 4.88. The number of halogens is 1. The number of fused-ring (bicyclic) bond motifs is 1. The second kappa shape index (κ2) is 6.20. The molecule has 1 aromatic heterocycles. The molecule has 0 aliphatic carbocycles. The average molecular weight is 356 g/mol. The average Bonchev–Trinajstić information content (AvgIpc) is 2.55. The van der Waals surface area contributed by atoms with Crippen molar-refractivity contribution in [3.8, 4) is 11.5 Å².